The van der Waals surface area contributed by atoms with Crippen molar-refractivity contribution < 1.29 is 13.9 Å². The number of nitrogens with zero attached hydrogens (tertiary/aromatic N) is 4. The van der Waals surface area contributed by atoms with Crippen LogP contribution in [0.25, 0.3) is 21.6 Å². The van der Waals surface area contributed by atoms with Crippen molar-refractivity contribution in [1.29, 1.82) is 0 Å². The topological polar surface area (TPSA) is 61.4 Å². The summed E-state index contributed by atoms with van der Waals surface area (Å²) >= 11 is 1.30. The van der Waals surface area contributed by atoms with Gasteiger partial charge in [-0.2, -0.15) is 5.10 Å². The summed E-state index contributed by atoms with van der Waals surface area (Å²) in [6, 6.07) is 11.8. The first-order chi connectivity index (χ1) is 14.5. The van der Waals surface area contributed by atoms with Crippen LogP contribution in [0, 0.1) is 19.7 Å². The molecule has 1 aromatic carbocycles. The normalized spacial score (nSPS) is 11.4. The van der Waals surface area contributed by atoms with Crippen LogP contribution in [0.15, 0.2) is 54.9 Å². The average molecular weight is 420 g/mol. The Hall–Kier alpha value is -3.52. The molecule has 0 N–H and O–H groups in total. The Morgan fingerprint density at radius 3 is 2.77 bits per heavy atom. The molecule has 4 aromatic heterocycles. The second-order valence-corrected chi connectivity index (χ2v) is 8.06. The molecule has 6 nitrogen and oxygen atoms in total. The highest BCUT2D eigenvalue weighted by Gasteiger charge is 2.18. The summed E-state index contributed by atoms with van der Waals surface area (Å²) in [5.41, 5.74) is 4.12. The minimum Gasteiger partial charge on any atom is -0.455 e. The van der Waals surface area contributed by atoms with Crippen molar-refractivity contribution in [2.75, 3.05) is 0 Å². The number of hydrogen-bond acceptors (Lipinski definition) is 5. The van der Waals surface area contributed by atoms with Gasteiger partial charge in [-0.1, -0.05) is 6.07 Å². The van der Waals surface area contributed by atoms with Crippen molar-refractivity contribution in [3.8, 4) is 5.69 Å². The largest absolute Gasteiger partial charge is 0.455 e. The predicted molar refractivity (Wildman–Crippen MR) is 113 cm³/mol. The molecule has 0 aliphatic carbocycles. The molecule has 0 aliphatic heterocycles. The minimum absolute atomic E-state index is 0.0945. The number of pyridine rings is 1. The summed E-state index contributed by atoms with van der Waals surface area (Å²) in [6.45, 7) is 3.96. The maximum absolute atomic E-state index is 13.3. The number of aromatic nitrogens is 4. The third-order valence-electron chi connectivity index (χ3n) is 4.90. The van der Waals surface area contributed by atoms with E-state index in [0.717, 1.165) is 32.8 Å². The van der Waals surface area contributed by atoms with E-state index in [1.165, 1.54) is 23.5 Å². The molecule has 0 aliphatic rings. The van der Waals surface area contributed by atoms with Crippen molar-refractivity contribution in [2.45, 2.75) is 20.5 Å². The van der Waals surface area contributed by atoms with Crippen LogP contribution in [0.1, 0.15) is 26.6 Å². The van der Waals surface area contributed by atoms with Crippen molar-refractivity contribution in [1.82, 2.24) is 19.2 Å². The van der Waals surface area contributed by atoms with E-state index in [4.69, 9.17) is 4.74 Å². The molecule has 0 bridgehead atoms. The van der Waals surface area contributed by atoms with Gasteiger partial charge in [0.05, 0.1) is 17.1 Å². The predicted octanol–water partition coefficient (Wildman–Crippen LogP) is 4.85. The molecule has 5 rings (SSSR count). The molecule has 0 atom stereocenters. The maximum atomic E-state index is 13.3. The van der Waals surface area contributed by atoms with Crippen LogP contribution in [0.2, 0.25) is 0 Å². The SMILES string of the molecule is Cc1nn(-c2ccc(F)cc2)c2sc(C(=O)OCc3cn4cccc(C)c4n3)cc12. The lowest BCUT2D eigenvalue weighted by Crippen LogP contribution is -2.03. The molecule has 0 radical (unpaired) electrons. The molecule has 8 heteroatoms. The molecular weight excluding hydrogens is 403 g/mol. The second kappa shape index (κ2) is 7.07. The van der Waals surface area contributed by atoms with Crippen LogP contribution in [0.5, 0.6) is 0 Å². The average Bonchev–Trinajstić information content (AvgIpc) is 3.42. The Labute approximate surface area is 175 Å². The highest BCUT2D eigenvalue weighted by molar-refractivity contribution is 7.20. The molecule has 0 saturated carbocycles. The van der Waals surface area contributed by atoms with Crippen molar-refractivity contribution in [3.05, 3.63) is 82.5 Å². The number of thiophene rings is 1. The van der Waals surface area contributed by atoms with Gasteiger partial charge < -0.3 is 9.14 Å². The molecule has 0 amide bonds. The monoisotopic (exact) mass is 420 g/mol. The quantitative estimate of drug-likeness (QED) is 0.390. The number of imidazole rings is 1. The Balaban J connectivity index is 1.40. The van der Waals surface area contributed by atoms with E-state index in [1.807, 2.05) is 42.8 Å². The van der Waals surface area contributed by atoms with Gasteiger partial charge in [0.25, 0.3) is 0 Å². The van der Waals surface area contributed by atoms with Crippen molar-refractivity contribution in [2.24, 2.45) is 0 Å². The van der Waals surface area contributed by atoms with E-state index in [2.05, 4.69) is 10.1 Å². The van der Waals surface area contributed by atoms with Gasteiger partial charge in [-0.05, 0) is 55.8 Å². The number of aryl methyl sites for hydroxylation is 2. The summed E-state index contributed by atoms with van der Waals surface area (Å²) in [4.78, 5) is 18.5. The Bertz CT molecular complexity index is 1400. The van der Waals surface area contributed by atoms with Crippen LogP contribution in [-0.2, 0) is 11.3 Å². The minimum atomic E-state index is -0.407. The standard InChI is InChI=1S/C22H17FN4O2S/c1-13-4-3-9-26-11-16(24-20(13)26)12-29-22(28)19-10-18-14(2)25-27(21(18)30-19)17-7-5-15(23)6-8-17/h3-11H,12H2,1-2H3. The summed E-state index contributed by atoms with van der Waals surface area (Å²) in [7, 11) is 0. The fraction of sp³-hybridized carbons (Fsp3) is 0.136. The van der Waals surface area contributed by atoms with Crippen molar-refractivity contribution >= 4 is 33.2 Å². The number of ether oxygens (including phenoxy) is 1. The van der Waals surface area contributed by atoms with E-state index in [9.17, 15) is 9.18 Å². The van der Waals surface area contributed by atoms with Gasteiger partial charge in [-0.3, -0.25) is 0 Å². The van der Waals surface area contributed by atoms with Crippen molar-refractivity contribution in [3.63, 3.8) is 0 Å². The number of esters is 1. The first-order valence-corrected chi connectivity index (χ1v) is 10.2. The molecule has 0 saturated heterocycles. The number of benzene rings is 1. The summed E-state index contributed by atoms with van der Waals surface area (Å²) in [5.74, 6) is -0.716. The van der Waals surface area contributed by atoms with Crippen LogP contribution < -0.4 is 0 Å². The van der Waals surface area contributed by atoms with Crippen LogP contribution in [0.4, 0.5) is 4.39 Å². The first kappa shape index (κ1) is 18.5. The van der Waals surface area contributed by atoms with Crippen LogP contribution >= 0.6 is 11.3 Å². The van der Waals surface area contributed by atoms with E-state index in [0.29, 0.717) is 10.6 Å². The summed E-state index contributed by atoms with van der Waals surface area (Å²) < 4.78 is 22.4. The summed E-state index contributed by atoms with van der Waals surface area (Å²) in [5, 5.41) is 5.39. The number of fused-ring (bicyclic) bond motifs is 2. The van der Waals surface area contributed by atoms with Gasteiger partial charge in [-0.15, -0.1) is 11.3 Å². The Morgan fingerprint density at radius 1 is 1.20 bits per heavy atom. The van der Waals surface area contributed by atoms with E-state index in [-0.39, 0.29) is 12.4 Å². The Morgan fingerprint density at radius 2 is 2.00 bits per heavy atom. The van der Waals surface area contributed by atoms with Gasteiger partial charge in [0, 0.05) is 17.8 Å². The fourth-order valence-corrected chi connectivity index (χ4v) is 4.47. The molecule has 30 heavy (non-hydrogen) atoms. The first-order valence-electron chi connectivity index (χ1n) is 9.35. The van der Waals surface area contributed by atoms with Gasteiger partial charge in [-0.25, -0.2) is 18.9 Å². The number of hydrogen-bond donors (Lipinski definition) is 0. The van der Waals surface area contributed by atoms with Gasteiger partial charge in [0.1, 0.15) is 27.8 Å². The highest BCUT2D eigenvalue weighted by atomic mass is 32.1. The molecular formula is C22H17FN4O2S. The summed E-state index contributed by atoms with van der Waals surface area (Å²) in [6.07, 6.45) is 3.77. The lowest BCUT2D eigenvalue weighted by Gasteiger charge is -2.02. The molecule has 5 aromatic rings. The van der Waals surface area contributed by atoms with E-state index >= 15 is 0 Å². The molecule has 150 valence electrons. The molecule has 0 unspecified atom stereocenters. The molecule has 4 heterocycles. The lowest BCUT2D eigenvalue weighted by molar-refractivity contribution is 0.0474. The van der Waals surface area contributed by atoms with E-state index < -0.39 is 5.97 Å². The Kier molecular flexibility index (Phi) is 4.36. The van der Waals surface area contributed by atoms with Crippen LogP contribution in [-0.4, -0.2) is 25.1 Å². The fourth-order valence-electron chi connectivity index (χ4n) is 3.39. The lowest BCUT2D eigenvalue weighted by atomic mass is 10.3. The smallest absolute Gasteiger partial charge is 0.348 e. The number of carbonyl (C=O) groups is 1. The third-order valence-corrected chi connectivity index (χ3v) is 5.99. The third kappa shape index (κ3) is 3.15. The second-order valence-electron chi connectivity index (χ2n) is 7.03. The number of rotatable bonds is 4. The van der Waals surface area contributed by atoms with Gasteiger partial charge in [0.2, 0.25) is 0 Å². The van der Waals surface area contributed by atoms with Crippen LogP contribution in [0.3, 0.4) is 0 Å². The molecule has 0 fully saturated rings. The van der Waals surface area contributed by atoms with E-state index in [1.54, 1.807) is 22.9 Å². The van der Waals surface area contributed by atoms with Gasteiger partial charge >= 0.3 is 5.97 Å². The molecule has 0 spiro atoms. The zero-order chi connectivity index (χ0) is 20.8. The zero-order valence-electron chi connectivity index (χ0n) is 16.3. The number of halogens is 1. The maximum Gasteiger partial charge on any atom is 0.348 e. The van der Waals surface area contributed by atoms with Gasteiger partial charge in [0.15, 0.2) is 0 Å². The highest BCUT2D eigenvalue weighted by Crippen LogP contribution is 2.31. The zero-order valence-corrected chi connectivity index (χ0v) is 17.1. The number of carbonyl (C=O) groups excluding carboxylic acids is 1.